The molecule has 0 N–H and O–H groups in total. The summed E-state index contributed by atoms with van der Waals surface area (Å²) in [5.41, 5.74) is 0. The van der Waals surface area contributed by atoms with Gasteiger partial charge in [0.15, 0.2) is 0 Å². The Morgan fingerprint density at radius 1 is 0.833 bits per heavy atom. The molecule has 0 aliphatic heterocycles. The molecule has 0 unspecified atom stereocenters. The third-order valence-electron chi connectivity index (χ3n) is 2.75. The largest absolute Gasteiger partial charge is 2.00 e. The van der Waals surface area contributed by atoms with Crippen LogP contribution in [0.2, 0.25) is 0 Å². The van der Waals surface area contributed by atoms with Crippen LogP contribution < -0.4 is 9.79 Å². The first kappa shape index (κ1) is 21.2. The van der Waals surface area contributed by atoms with Crippen molar-refractivity contribution >= 4 is 30.9 Å². The minimum Gasteiger partial charge on any atom is -0.790 e. The van der Waals surface area contributed by atoms with E-state index in [2.05, 4.69) is 11.4 Å². The quantitative estimate of drug-likeness (QED) is 0.314. The number of rotatable bonds is 12. The van der Waals surface area contributed by atoms with Crippen LogP contribution in [0.15, 0.2) is 0 Å². The van der Waals surface area contributed by atoms with Crippen molar-refractivity contribution in [1.82, 2.24) is 0 Å². The van der Waals surface area contributed by atoms with Crippen molar-refractivity contribution in [2.75, 3.05) is 6.61 Å². The molecular formula is C12H25MgO4P. The molecule has 0 aliphatic rings. The van der Waals surface area contributed by atoms with Gasteiger partial charge in [0.05, 0.1) is 14.4 Å². The zero-order valence-corrected chi connectivity index (χ0v) is 13.9. The first-order valence-electron chi connectivity index (χ1n) is 6.73. The van der Waals surface area contributed by atoms with Crippen molar-refractivity contribution in [2.45, 2.75) is 71.1 Å². The summed E-state index contributed by atoms with van der Waals surface area (Å²) in [6.45, 7) is 2.26. The maximum atomic E-state index is 10.1. The van der Waals surface area contributed by atoms with Gasteiger partial charge in [-0.15, -0.1) is 0 Å². The fourth-order valence-electron chi connectivity index (χ4n) is 1.77. The van der Waals surface area contributed by atoms with Gasteiger partial charge in [-0.05, 0) is 6.42 Å². The molecule has 4 nitrogen and oxygen atoms in total. The smallest absolute Gasteiger partial charge is 0.790 e. The van der Waals surface area contributed by atoms with Crippen molar-refractivity contribution in [3.05, 3.63) is 0 Å². The van der Waals surface area contributed by atoms with Gasteiger partial charge in [0.25, 0.3) is 0 Å². The SMILES string of the molecule is CCCCCCCCCCCCOP(=O)([O-])[O-].[Mg+2]. The van der Waals surface area contributed by atoms with E-state index in [0.29, 0.717) is 6.42 Å². The first-order valence-corrected chi connectivity index (χ1v) is 8.19. The minimum atomic E-state index is -4.74. The topological polar surface area (TPSA) is 72.4 Å². The molecular weight excluding hydrogens is 263 g/mol. The first-order chi connectivity index (χ1) is 8.06. The predicted octanol–water partition coefficient (Wildman–Crippen LogP) is 2.37. The second-order valence-electron chi connectivity index (χ2n) is 4.46. The van der Waals surface area contributed by atoms with E-state index in [4.69, 9.17) is 0 Å². The van der Waals surface area contributed by atoms with Crippen molar-refractivity contribution < 1.29 is 18.9 Å². The van der Waals surface area contributed by atoms with Crippen LogP contribution in [0.4, 0.5) is 0 Å². The van der Waals surface area contributed by atoms with Gasteiger partial charge >= 0.3 is 23.1 Å². The molecule has 0 aliphatic carbocycles. The molecule has 0 radical (unpaired) electrons. The monoisotopic (exact) mass is 288 g/mol. The van der Waals surface area contributed by atoms with Crippen molar-refractivity contribution in [3.8, 4) is 0 Å². The third-order valence-corrected chi connectivity index (χ3v) is 3.25. The molecule has 0 fully saturated rings. The predicted molar refractivity (Wildman–Crippen MR) is 71.2 cm³/mol. The van der Waals surface area contributed by atoms with Crippen LogP contribution in [0.5, 0.6) is 0 Å². The summed E-state index contributed by atoms with van der Waals surface area (Å²) >= 11 is 0. The summed E-state index contributed by atoms with van der Waals surface area (Å²) in [6.07, 6.45) is 11.7. The van der Waals surface area contributed by atoms with Crippen LogP contribution in [-0.4, -0.2) is 29.7 Å². The van der Waals surface area contributed by atoms with Crippen molar-refractivity contribution in [2.24, 2.45) is 0 Å². The Morgan fingerprint density at radius 3 is 1.61 bits per heavy atom. The zero-order valence-electron chi connectivity index (χ0n) is 11.6. The van der Waals surface area contributed by atoms with E-state index in [1.165, 1.54) is 44.9 Å². The van der Waals surface area contributed by atoms with Gasteiger partial charge in [0, 0.05) is 0 Å². The summed E-state index contributed by atoms with van der Waals surface area (Å²) in [5, 5.41) is 0. The van der Waals surface area contributed by atoms with Gasteiger partial charge in [0.2, 0.25) is 0 Å². The summed E-state index contributed by atoms with van der Waals surface area (Å²) in [4.78, 5) is 20.3. The normalized spacial score (nSPS) is 11.3. The molecule has 6 heteroatoms. The van der Waals surface area contributed by atoms with Gasteiger partial charge in [0.1, 0.15) is 0 Å². The van der Waals surface area contributed by atoms with Gasteiger partial charge < -0.3 is 18.9 Å². The number of phosphoric acid groups is 1. The molecule has 0 bridgehead atoms. The Labute approximate surface area is 127 Å². The zero-order chi connectivity index (χ0) is 13.0. The average molecular weight is 289 g/mol. The summed E-state index contributed by atoms with van der Waals surface area (Å²) < 4.78 is 14.3. The van der Waals surface area contributed by atoms with E-state index in [1.54, 1.807) is 0 Å². The Bertz CT molecular complexity index is 208. The van der Waals surface area contributed by atoms with E-state index < -0.39 is 7.82 Å². The fourth-order valence-corrected chi connectivity index (χ4v) is 2.12. The second-order valence-corrected chi connectivity index (χ2v) is 5.62. The molecule has 0 aromatic heterocycles. The fraction of sp³-hybridized carbons (Fsp3) is 1.00. The Hall–Kier alpha value is 0.876. The minimum absolute atomic E-state index is 0. The number of unbranched alkanes of at least 4 members (excludes halogenated alkanes) is 9. The van der Waals surface area contributed by atoms with Crippen LogP contribution in [-0.2, 0) is 9.09 Å². The van der Waals surface area contributed by atoms with E-state index in [9.17, 15) is 14.4 Å². The van der Waals surface area contributed by atoms with Crippen molar-refractivity contribution in [3.63, 3.8) is 0 Å². The molecule has 0 saturated carbocycles. The maximum absolute atomic E-state index is 10.1. The standard InChI is InChI=1S/C12H27O4P.Mg/c1-2-3-4-5-6-7-8-9-10-11-12-16-17(13,14)15;/h2-12H2,1H3,(H2,13,14,15);/q;+2/p-2. The van der Waals surface area contributed by atoms with E-state index in [1.807, 2.05) is 0 Å². The summed E-state index contributed by atoms with van der Waals surface area (Å²) in [5.74, 6) is 0. The second kappa shape index (κ2) is 14.3. The molecule has 0 rings (SSSR count). The Morgan fingerprint density at radius 2 is 1.22 bits per heavy atom. The number of hydrogen-bond donors (Lipinski definition) is 0. The van der Waals surface area contributed by atoms with E-state index in [0.717, 1.165) is 12.8 Å². The van der Waals surface area contributed by atoms with E-state index in [-0.39, 0.29) is 29.7 Å². The number of hydrogen-bond acceptors (Lipinski definition) is 4. The Kier molecular flexibility index (Phi) is 16.8. The molecule has 0 aromatic carbocycles. The average Bonchev–Trinajstić information content (AvgIpc) is 2.24. The van der Waals surface area contributed by atoms with Gasteiger partial charge in [-0.3, -0.25) is 0 Å². The molecule has 0 atom stereocenters. The van der Waals surface area contributed by atoms with Crippen LogP contribution in [0.3, 0.4) is 0 Å². The molecule has 0 spiro atoms. The van der Waals surface area contributed by atoms with Crippen molar-refractivity contribution in [1.29, 1.82) is 0 Å². The van der Waals surface area contributed by atoms with Gasteiger partial charge in [-0.1, -0.05) is 64.7 Å². The van der Waals surface area contributed by atoms with Gasteiger partial charge in [-0.2, -0.15) is 0 Å². The van der Waals surface area contributed by atoms with Crippen LogP contribution in [0, 0.1) is 0 Å². The third kappa shape index (κ3) is 19.2. The molecule has 0 aromatic rings. The van der Waals surface area contributed by atoms with E-state index >= 15 is 0 Å². The number of phosphoric ester groups is 1. The molecule has 18 heavy (non-hydrogen) atoms. The van der Waals surface area contributed by atoms with Gasteiger partial charge in [-0.25, -0.2) is 0 Å². The Balaban J connectivity index is 0. The summed E-state index contributed by atoms with van der Waals surface area (Å²) in [6, 6.07) is 0. The van der Waals surface area contributed by atoms with Crippen LogP contribution >= 0.6 is 7.82 Å². The molecule has 104 valence electrons. The van der Waals surface area contributed by atoms with Crippen LogP contribution in [0.1, 0.15) is 71.1 Å². The molecule has 0 amide bonds. The molecule has 0 heterocycles. The van der Waals surface area contributed by atoms with Crippen LogP contribution in [0.25, 0.3) is 0 Å². The summed E-state index contributed by atoms with van der Waals surface area (Å²) in [7, 11) is -4.74. The maximum Gasteiger partial charge on any atom is 2.00 e. The molecule has 0 saturated heterocycles.